The van der Waals surface area contributed by atoms with Crippen molar-refractivity contribution in [2.45, 2.75) is 20.0 Å². The summed E-state index contributed by atoms with van der Waals surface area (Å²) in [6.07, 6.45) is 5.32. The molecule has 0 unspecified atom stereocenters. The molecule has 2 N–H and O–H groups in total. The second-order valence-corrected chi connectivity index (χ2v) is 6.62. The third-order valence-corrected chi connectivity index (χ3v) is 4.66. The smallest absolute Gasteiger partial charge is 0.316 e. The molecule has 8 nitrogen and oxygen atoms in total. The van der Waals surface area contributed by atoms with Crippen LogP contribution in [0.4, 0.5) is 5.69 Å². The van der Waals surface area contributed by atoms with Gasteiger partial charge >= 0.3 is 11.1 Å². The zero-order valence-corrected chi connectivity index (χ0v) is 15.8. The van der Waals surface area contributed by atoms with Crippen LogP contribution in [-0.2, 0) is 13.1 Å². The number of nitrogens with zero attached hydrogens (tertiary/aromatic N) is 3. The number of carbonyl (C=O) groups is 1. The number of nitrogens with one attached hydrogen (secondary N) is 2. The van der Waals surface area contributed by atoms with Crippen molar-refractivity contribution in [3.05, 3.63) is 93.0 Å². The van der Waals surface area contributed by atoms with E-state index < -0.39 is 11.1 Å². The lowest BCUT2D eigenvalue weighted by Crippen LogP contribution is -2.36. The summed E-state index contributed by atoms with van der Waals surface area (Å²) < 4.78 is 3.32. The highest BCUT2D eigenvalue weighted by molar-refractivity contribution is 6.05. The lowest BCUT2D eigenvalue weighted by Gasteiger charge is -2.10. The molecule has 0 bridgehead atoms. The molecule has 0 saturated carbocycles. The molecule has 0 aliphatic rings. The van der Waals surface area contributed by atoms with Gasteiger partial charge in [0.15, 0.2) is 0 Å². The number of rotatable bonds is 5. The lowest BCUT2D eigenvalue weighted by atomic mass is 10.1. The summed E-state index contributed by atoms with van der Waals surface area (Å²) in [5, 5.41) is 2.87. The van der Waals surface area contributed by atoms with E-state index in [1.165, 1.54) is 4.57 Å². The van der Waals surface area contributed by atoms with Crippen LogP contribution in [0, 0.1) is 0 Å². The van der Waals surface area contributed by atoms with Crippen LogP contribution < -0.4 is 16.4 Å². The second-order valence-electron chi connectivity index (χ2n) is 6.62. The molecule has 0 atom stereocenters. The molecule has 0 spiro atoms. The molecule has 2 aromatic carbocycles. The molecular weight excluding hydrogens is 370 g/mol. The molecule has 29 heavy (non-hydrogen) atoms. The van der Waals surface area contributed by atoms with Crippen molar-refractivity contribution in [3.8, 4) is 0 Å². The Bertz CT molecular complexity index is 1300. The van der Waals surface area contributed by atoms with Gasteiger partial charge in [0.05, 0.1) is 17.4 Å². The van der Waals surface area contributed by atoms with Gasteiger partial charge in [0.2, 0.25) is 0 Å². The van der Waals surface area contributed by atoms with Crippen LogP contribution in [0.3, 0.4) is 0 Å². The van der Waals surface area contributed by atoms with Crippen molar-refractivity contribution in [2.75, 3.05) is 5.32 Å². The van der Waals surface area contributed by atoms with E-state index in [0.717, 1.165) is 5.56 Å². The quantitative estimate of drug-likeness (QED) is 0.511. The molecule has 2 heterocycles. The van der Waals surface area contributed by atoms with Crippen LogP contribution in [-0.4, -0.2) is 25.0 Å². The van der Waals surface area contributed by atoms with Crippen LogP contribution in [0.5, 0.6) is 0 Å². The molecule has 0 fully saturated rings. The SMILES string of the molecule is CCn1c(=O)c(=O)[nH]c2cc(C(=O)Nc3cccc(Cn4ccnc4)c3)ccc21. The van der Waals surface area contributed by atoms with Gasteiger partial charge < -0.3 is 19.4 Å². The number of carbonyl (C=O) groups excluding carboxylic acids is 1. The van der Waals surface area contributed by atoms with E-state index in [9.17, 15) is 14.4 Å². The van der Waals surface area contributed by atoms with Crippen LogP contribution in [0.1, 0.15) is 22.8 Å². The molecule has 4 rings (SSSR count). The summed E-state index contributed by atoms with van der Waals surface area (Å²) in [6.45, 7) is 2.81. The molecule has 0 aliphatic heterocycles. The van der Waals surface area contributed by atoms with Crippen molar-refractivity contribution in [1.29, 1.82) is 0 Å². The predicted octanol–water partition coefficient (Wildman–Crippen LogP) is 2.21. The number of imidazole rings is 1. The van der Waals surface area contributed by atoms with E-state index in [0.29, 0.717) is 35.4 Å². The summed E-state index contributed by atoms with van der Waals surface area (Å²) in [5.74, 6) is -0.304. The van der Waals surface area contributed by atoms with Gasteiger partial charge in [0.25, 0.3) is 5.91 Å². The van der Waals surface area contributed by atoms with Gasteiger partial charge in [-0.1, -0.05) is 12.1 Å². The van der Waals surface area contributed by atoms with E-state index in [4.69, 9.17) is 0 Å². The van der Waals surface area contributed by atoms with Crippen LogP contribution in [0.25, 0.3) is 11.0 Å². The molecule has 0 radical (unpaired) electrons. The highest BCUT2D eigenvalue weighted by Gasteiger charge is 2.11. The fourth-order valence-corrected chi connectivity index (χ4v) is 3.28. The molecule has 8 heteroatoms. The molecule has 1 amide bonds. The zero-order valence-electron chi connectivity index (χ0n) is 15.8. The van der Waals surface area contributed by atoms with Gasteiger partial charge in [-0.25, -0.2) is 4.98 Å². The van der Waals surface area contributed by atoms with Crippen LogP contribution in [0.2, 0.25) is 0 Å². The Morgan fingerprint density at radius 2 is 2.03 bits per heavy atom. The molecule has 0 saturated heterocycles. The minimum absolute atomic E-state index is 0.304. The first-order valence-electron chi connectivity index (χ1n) is 9.18. The van der Waals surface area contributed by atoms with Gasteiger partial charge in [0, 0.05) is 36.7 Å². The van der Waals surface area contributed by atoms with Crippen LogP contribution in [0.15, 0.2) is 70.8 Å². The van der Waals surface area contributed by atoms with Crippen molar-refractivity contribution in [1.82, 2.24) is 19.1 Å². The molecule has 2 aromatic heterocycles. The maximum atomic E-state index is 12.7. The second kappa shape index (κ2) is 7.59. The fourth-order valence-electron chi connectivity index (χ4n) is 3.28. The molecule has 0 aliphatic carbocycles. The maximum absolute atomic E-state index is 12.7. The van der Waals surface area contributed by atoms with Crippen molar-refractivity contribution < 1.29 is 4.79 Å². The minimum atomic E-state index is -0.705. The Morgan fingerprint density at radius 1 is 1.17 bits per heavy atom. The third-order valence-electron chi connectivity index (χ3n) is 4.66. The summed E-state index contributed by atoms with van der Waals surface area (Å²) in [6, 6.07) is 12.4. The number of anilines is 1. The summed E-state index contributed by atoms with van der Waals surface area (Å²) in [4.78, 5) is 43.1. The highest BCUT2D eigenvalue weighted by Crippen LogP contribution is 2.16. The largest absolute Gasteiger partial charge is 0.333 e. The summed E-state index contributed by atoms with van der Waals surface area (Å²) >= 11 is 0. The van der Waals surface area contributed by atoms with Crippen molar-refractivity contribution >= 4 is 22.6 Å². The van der Waals surface area contributed by atoms with Gasteiger partial charge in [-0.3, -0.25) is 14.4 Å². The zero-order chi connectivity index (χ0) is 20.4. The number of aromatic amines is 1. The fraction of sp³-hybridized carbons (Fsp3) is 0.143. The average molecular weight is 389 g/mol. The summed E-state index contributed by atoms with van der Waals surface area (Å²) in [5.41, 5.74) is 1.79. The standard InChI is InChI=1S/C21H19N5O3/c1-2-26-18-7-6-15(11-17(18)24-20(28)21(26)29)19(27)23-16-5-3-4-14(10-16)12-25-9-8-22-13-25/h3-11,13H,2,12H2,1H3,(H,23,27)(H,24,28). The van der Waals surface area contributed by atoms with E-state index in [1.807, 2.05) is 35.0 Å². The predicted molar refractivity (Wildman–Crippen MR) is 110 cm³/mol. The first-order valence-corrected chi connectivity index (χ1v) is 9.18. The number of hydrogen-bond donors (Lipinski definition) is 2. The Labute approximate surface area is 165 Å². The Kier molecular flexibility index (Phi) is 4.82. The maximum Gasteiger partial charge on any atom is 0.316 e. The Balaban J connectivity index is 1.60. The number of fused-ring (bicyclic) bond motifs is 1. The number of benzene rings is 2. The van der Waals surface area contributed by atoms with E-state index in [2.05, 4.69) is 15.3 Å². The minimum Gasteiger partial charge on any atom is -0.333 e. The molecular formula is C21H19N5O3. The van der Waals surface area contributed by atoms with Gasteiger partial charge in [0.1, 0.15) is 0 Å². The van der Waals surface area contributed by atoms with Gasteiger partial charge in [-0.15, -0.1) is 0 Å². The Morgan fingerprint density at radius 3 is 2.79 bits per heavy atom. The van der Waals surface area contributed by atoms with Gasteiger partial charge in [-0.2, -0.15) is 0 Å². The van der Waals surface area contributed by atoms with Crippen molar-refractivity contribution in [3.63, 3.8) is 0 Å². The lowest BCUT2D eigenvalue weighted by molar-refractivity contribution is 0.102. The number of hydrogen-bond acceptors (Lipinski definition) is 4. The first-order chi connectivity index (χ1) is 14.0. The third kappa shape index (κ3) is 3.73. The number of amides is 1. The summed E-state index contributed by atoms with van der Waals surface area (Å²) in [7, 11) is 0. The monoisotopic (exact) mass is 389 g/mol. The van der Waals surface area contributed by atoms with E-state index in [-0.39, 0.29) is 5.91 Å². The number of aryl methyl sites for hydroxylation is 1. The number of H-pyrrole nitrogens is 1. The van der Waals surface area contributed by atoms with Crippen molar-refractivity contribution in [2.24, 2.45) is 0 Å². The van der Waals surface area contributed by atoms with Crippen LogP contribution >= 0.6 is 0 Å². The molecule has 4 aromatic rings. The number of aromatic nitrogens is 4. The Hall–Kier alpha value is -3.94. The normalized spacial score (nSPS) is 10.9. The van der Waals surface area contributed by atoms with E-state index in [1.54, 1.807) is 37.6 Å². The van der Waals surface area contributed by atoms with Gasteiger partial charge in [-0.05, 0) is 42.8 Å². The first kappa shape index (κ1) is 18.4. The average Bonchev–Trinajstić information content (AvgIpc) is 3.22. The molecule has 146 valence electrons. The topological polar surface area (TPSA) is 102 Å². The highest BCUT2D eigenvalue weighted by atomic mass is 16.2. The van der Waals surface area contributed by atoms with E-state index >= 15 is 0 Å².